The molecule has 1 heterocycles. The lowest BCUT2D eigenvalue weighted by Gasteiger charge is -2.32. The molecule has 27 heavy (non-hydrogen) atoms. The molecule has 0 unspecified atom stereocenters. The Balaban J connectivity index is 1.53. The van der Waals surface area contributed by atoms with E-state index < -0.39 is 0 Å². The predicted octanol–water partition coefficient (Wildman–Crippen LogP) is 4.98. The summed E-state index contributed by atoms with van der Waals surface area (Å²) in [7, 11) is 1.66. The highest BCUT2D eigenvalue weighted by molar-refractivity contribution is 7.80. The first kappa shape index (κ1) is 19.5. The topological polar surface area (TPSA) is 36.5 Å². The lowest BCUT2D eigenvalue weighted by atomic mass is 9.98. The summed E-state index contributed by atoms with van der Waals surface area (Å²) in [6, 6.07) is 16.7. The van der Waals surface area contributed by atoms with E-state index in [1.54, 1.807) is 7.11 Å². The number of ether oxygens (including phenoxy) is 1. The van der Waals surface area contributed by atoms with Crippen LogP contribution in [-0.4, -0.2) is 25.3 Å². The second-order valence-corrected chi connectivity index (χ2v) is 7.72. The fourth-order valence-electron chi connectivity index (χ4n) is 3.36. The fourth-order valence-corrected chi connectivity index (χ4v) is 3.66. The second-order valence-electron chi connectivity index (χ2n) is 7.31. The molecule has 2 aromatic carbocycles. The van der Waals surface area contributed by atoms with Gasteiger partial charge in [-0.25, -0.2) is 0 Å². The van der Waals surface area contributed by atoms with Gasteiger partial charge in [0.1, 0.15) is 5.75 Å². The van der Waals surface area contributed by atoms with Gasteiger partial charge >= 0.3 is 0 Å². The van der Waals surface area contributed by atoms with E-state index in [-0.39, 0.29) is 6.04 Å². The van der Waals surface area contributed by atoms with Crippen LogP contribution >= 0.6 is 12.2 Å². The van der Waals surface area contributed by atoms with Crippen LogP contribution in [0, 0.1) is 5.92 Å². The molecule has 1 saturated heterocycles. The molecule has 144 valence electrons. The number of methoxy groups -OCH3 is 1. The van der Waals surface area contributed by atoms with Crippen molar-refractivity contribution in [2.45, 2.75) is 32.7 Å². The van der Waals surface area contributed by atoms with E-state index in [2.05, 4.69) is 53.6 Å². The quantitative estimate of drug-likeness (QED) is 0.712. The number of nitrogens with one attached hydrogen (secondary N) is 2. The lowest BCUT2D eigenvalue weighted by Crippen LogP contribution is -2.33. The molecule has 0 aromatic heterocycles. The standard InChI is InChI=1S/C22H29N3OS/c1-16-12-14-25(15-13-16)20-8-4-18(5-9-20)17(2)23-22(27)24-19-6-10-21(26-3)11-7-19/h4-11,16-17H,12-15H2,1-3H3,(H2,23,24,27)/t17-/m0/s1. The number of thiocarbonyl (C=S) groups is 1. The van der Waals surface area contributed by atoms with E-state index in [0.29, 0.717) is 5.11 Å². The van der Waals surface area contributed by atoms with Crippen molar-refractivity contribution in [3.63, 3.8) is 0 Å². The van der Waals surface area contributed by atoms with Crippen LogP contribution in [0.1, 0.15) is 38.3 Å². The zero-order valence-corrected chi connectivity index (χ0v) is 17.2. The Morgan fingerprint density at radius 1 is 1.07 bits per heavy atom. The minimum absolute atomic E-state index is 0.138. The molecule has 0 aliphatic carbocycles. The smallest absolute Gasteiger partial charge is 0.171 e. The van der Waals surface area contributed by atoms with Crippen molar-refractivity contribution in [2.75, 3.05) is 30.4 Å². The largest absolute Gasteiger partial charge is 0.497 e. The van der Waals surface area contributed by atoms with Gasteiger partial charge in [0.2, 0.25) is 0 Å². The van der Waals surface area contributed by atoms with E-state index >= 15 is 0 Å². The zero-order valence-electron chi connectivity index (χ0n) is 16.4. The van der Waals surface area contributed by atoms with Gasteiger partial charge in [-0.2, -0.15) is 0 Å². The zero-order chi connectivity index (χ0) is 19.2. The van der Waals surface area contributed by atoms with E-state index in [0.717, 1.165) is 30.4 Å². The van der Waals surface area contributed by atoms with Gasteiger partial charge < -0.3 is 20.3 Å². The molecule has 5 heteroatoms. The third-order valence-corrected chi connectivity index (χ3v) is 5.46. The van der Waals surface area contributed by atoms with E-state index in [9.17, 15) is 0 Å². The van der Waals surface area contributed by atoms with Crippen molar-refractivity contribution in [1.82, 2.24) is 5.32 Å². The summed E-state index contributed by atoms with van der Waals surface area (Å²) in [6.45, 7) is 6.78. The minimum atomic E-state index is 0.138. The maximum Gasteiger partial charge on any atom is 0.171 e. The number of piperidine rings is 1. The molecular formula is C22H29N3OS. The number of nitrogens with zero attached hydrogens (tertiary/aromatic N) is 1. The van der Waals surface area contributed by atoms with Crippen molar-refractivity contribution in [3.05, 3.63) is 54.1 Å². The number of hydrogen-bond donors (Lipinski definition) is 2. The van der Waals surface area contributed by atoms with Gasteiger partial charge in [0.25, 0.3) is 0 Å². The molecule has 1 atom stereocenters. The Morgan fingerprint density at radius 3 is 2.30 bits per heavy atom. The summed E-state index contributed by atoms with van der Waals surface area (Å²) >= 11 is 5.45. The molecule has 0 saturated carbocycles. The molecule has 1 aliphatic heterocycles. The molecule has 2 N–H and O–H groups in total. The number of rotatable bonds is 5. The van der Waals surface area contributed by atoms with Crippen molar-refractivity contribution in [1.29, 1.82) is 0 Å². The molecule has 1 aliphatic rings. The Bertz CT molecular complexity index is 737. The van der Waals surface area contributed by atoms with Crippen LogP contribution in [0.25, 0.3) is 0 Å². The van der Waals surface area contributed by atoms with Gasteiger partial charge in [-0.3, -0.25) is 0 Å². The van der Waals surface area contributed by atoms with Crippen LogP contribution in [0.2, 0.25) is 0 Å². The Kier molecular flexibility index (Phi) is 6.56. The van der Waals surface area contributed by atoms with Crippen LogP contribution in [0.3, 0.4) is 0 Å². The van der Waals surface area contributed by atoms with Gasteiger partial charge in [0.15, 0.2) is 5.11 Å². The van der Waals surface area contributed by atoms with Crippen LogP contribution in [0.5, 0.6) is 5.75 Å². The minimum Gasteiger partial charge on any atom is -0.497 e. The summed E-state index contributed by atoms with van der Waals surface area (Å²) in [5, 5.41) is 7.18. The summed E-state index contributed by atoms with van der Waals surface area (Å²) in [5.41, 5.74) is 3.48. The van der Waals surface area contributed by atoms with Gasteiger partial charge in [-0.05, 0) is 79.9 Å². The highest BCUT2D eigenvalue weighted by Crippen LogP contribution is 2.24. The first-order chi connectivity index (χ1) is 13.0. The molecular weight excluding hydrogens is 354 g/mol. The van der Waals surface area contributed by atoms with Crippen LogP contribution < -0.4 is 20.3 Å². The van der Waals surface area contributed by atoms with E-state index in [1.807, 2.05) is 24.3 Å². The van der Waals surface area contributed by atoms with E-state index in [4.69, 9.17) is 17.0 Å². The average Bonchev–Trinajstić information content (AvgIpc) is 2.69. The Morgan fingerprint density at radius 2 is 1.70 bits per heavy atom. The first-order valence-electron chi connectivity index (χ1n) is 9.61. The van der Waals surface area contributed by atoms with Crippen molar-refractivity contribution < 1.29 is 4.74 Å². The summed E-state index contributed by atoms with van der Waals surface area (Å²) in [4.78, 5) is 2.48. The molecule has 1 fully saturated rings. The molecule has 0 radical (unpaired) electrons. The SMILES string of the molecule is COc1ccc(NC(=S)N[C@@H](C)c2ccc(N3CCC(C)CC3)cc2)cc1. The van der Waals surface area contributed by atoms with Gasteiger partial charge in [-0.15, -0.1) is 0 Å². The molecule has 0 spiro atoms. The summed E-state index contributed by atoms with van der Waals surface area (Å²) < 4.78 is 5.18. The highest BCUT2D eigenvalue weighted by Gasteiger charge is 2.16. The van der Waals surface area contributed by atoms with Crippen molar-refractivity contribution in [3.8, 4) is 5.75 Å². The Hall–Kier alpha value is -2.27. The maximum atomic E-state index is 5.45. The molecule has 0 amide bonds. The average molecular weight is 384 g/mol. The van der Waals surface area contributed by atoms with Gasteiger partial charge in [-0.1, -0.05) is 19.1 Å². The highest BCUT2D eigenvalue weighted by atomic mass is 32.1. The third-order valence-electron chi connectivity index (χ3n) is 5.24. The lowest BCUT2D eigenvalue weighted by molar-refractivity contribution is 0.415. The molecule has 3 rings (SSSR count). The van der Waals surface area contributed by atoms with Gasteiger partial charge in [0.05, 0.1) is 13.2 Å². The predicted molar refractivity (Wildman–Crippen MR) is 118 cm³/mol. The Labute approximate surface area is 167 Å². The fraction of sp³-hybridized carbons (Fsp3) is 0.409. The second kappa shape index (κ2) is 9.09. The summed E-state index contributed by atoms with van der Waals surface area (Å²) in [6.07, 6.45) is 2.57. The van der Waals surface area contributed by atoms with Crippen molar-refractivity contribution in [2.24, 2.45) is 5.92 Å². The number of benzene rings is 2. The molecule has 2 aromatic rings. The van der Waals surface area contributed by atoms with Gasteiger partial charge in [0, 0.05) is 24.5 Å². The van der Waals surface area contributed by atoms with E-state index in [1.165, 1.54) is 24.1 Å². The third kappa shape index (κ3) is 5.36. The molecule has 0 bridgehead atoms. The number of anilines is 2. The van der Waals surface area contributed by atoms with Crippen LogP contribution in [0.15, 0.2) is 48.5 Å². The monoisotopic (exact) mass is 383 g/mol. The van der Waals surface area contributed by atoms with Crippen LogP contribution in [-0.2, 0) is 0 Å². The molecule has 4 nitrogen and oxygen atoms in total. The number of hydrogen-bond acceptors (Lipinski definition) is 3. The van der Waals surface area contributed by atoms with Crippen LogP contribution in [0.4, 0.5) is 11.4 Å². The first-order valence-corrected chi connectivity index (χ1v) is 10.0. The normalized spacial score (nSPS) is 15.9. The van der Waals surface area contributed by atoms with Crippen molar-refractivity contribution >= 4 is 28.7 Å². The summed E-state index contributed by atoms with van der Waals surface area (Å²) in [5.74, 6) is 1.68. The maximum absolute atomic E-state index is 5.45.